The molecule has 1 atom stereocenters. The highest BCUT2D eigenvalue weighted by molar-refractivity contribution is 5.68. The number of anilines is 1. The molecule has 0 N–H and O–H groups in total. The highest BCUT2D eigenvalue weighted by Crippen LogP contribution is 2.33. The molecule has 0 saturated carbocycles. The molecular formula is C21H25N3O2. The number of pyridine rings is 1. The Labute approximate surface area is 154 Å². The molecule has 1 amide bonds. The number of amides is 1. The molecule has 26 heavy (non-hydrogen) atoms. The molecule has 3 heterocycles. The Kier molecular flexibility index (Phi) is 5.04. The summed E-state index contributed by atoms with van der Waals surface area (Å²) in [5.41, 5.74) is 2.11. The van der Waals surface area contributed by atoms with E-state index in [9.17, 15) is 4.79 Å². The summed E-state index contributed by atoms with van der Waals surface area (Å²) in [5.74, 6) is 1.04. The minimum Gasteiger partial charge on any atom is -0.445 e. The fraction of sp³-hybridized carbons (Fsp3) is 0.429. The van der Waals surface area contributed by atoms with Gasteiger partial charge in [-0.15, -0.1) is 0 Å². The normalized spacial score (nSPS) is 19.8. The highest BCUT2D eigenvalue weighted by atomic mass is 16.6. The SMILES string of the molecule is O=C(OCc1ccccc1)N1CCCC1c1ccc(N2CCCC2)nc1. The lowest BCUT2D eigenvalue weighted by molar-refractivity contribution is 0.0920. The molecule has 0 spiro atoms. The van der Waals surface area contributed by atoms with Crippen LogP contribution in [0.5, 0.6) is 0 Å². The van der Waals surface area contributed by atoms with Gasteiger partial charge in [-0.2, -0.15) is 0 Å². The van der Waals surface area contributed by atoms with Gasteiger partial charge in [-0.25, -0.2) is 9.78 Å². The van der Waals surface area contributed by atoms with Crippen molar-refractivity contribution in [2.45, 2.75) is 38.3 Å². The van der Waals surface area contributed by atoms with Gasteiger partial charge in [0.05, 0.1) is 6.04 Å². The van der Waals surface area contributed by atoms with Gasteiger partial charge in [-0.1, -0.05) is 36.4 Å². The second kappa shape index (κ2) is 7.77. The number of rotatable bonds is 4. The maximum absolute atomic E-state index is 12.6. The van der Waals surface area contributed by atoms with Gasteiger partial charge in [0, 0.05) is 25.8 Å². The zero-order valence-corrected chi connectivity index (χ0v) is 15.0. The first-order valence-electron chi connectivity index (χ1n) is 9.49. The number of carbonyl (C=O) groups is 1. The van der Waals surface area contributed by atoms with Crippen LogP contribution in [-0.4, -0.2) is 35.6 Å². The predicted octanol–water partition coefficient (Wildman–Crippen LogP) is 4.16. The Morgan fingerprint density at radius 3 is 2.58 bits per heavy atom. The van der Waals surface area contributed by atoms with Gasteiger partial charge in [0.25, 0.3) is 0 Å². The minimum absolute atomic E-state index is 0.0680. The van der Waals surface area contributed by atoms with Crippen molar-refractivity contribution < 1.29 is 9.53 Å². The average Bonchev–Trinajstić information content (AvgIpc) is 3.39. The van der Waals surface area contributed by atoms with Crippen molar-refractivity contribution in [2.75, 3.05) is 24.5 Å². The highest BCUT2D eigenvalue weighted by Gasteiger charge is 2.31. The summed E-state index contributed by atoms with van der Waals surface area (Å²) in [7, 11) is 0. The van der Waals surface area contributed by atoms with E-state index in [1.165, 1.54) is 12.8 Å². The van der Waals surface area contributed by atoms with Gasteiger partial charge >= 0.3 is 6.09 Å². The molecule has 0 radical (unpaired) electrons. The van der Waals surface area contributed by atoms with Crippen LogP contribution in [-0.2, 0) is 11.3 Å². The third-order valence-corrected chi connectivity index (χ3v) is 5.28. The summed E-state index contributed by atoms with van der Waals surface area (Å²) in [6, 6.07) is 14.1. The van der Waals surface area contributed by atoms with E-state index < -0.39 is 0 Å². The topological polar surface area (TPSA) is 45.7 Å². The Morgan fingerprint density at radius 2 is 1.85 bits per heavy atom. The predicted molar refractivity (Wildman–Crippen MR) is 101 cm³/mol. The van der Waals surface area contributed by atoms with Crippen LogP contribution < -0.4 is 4.90 Å². The van der Waals surface area contributed by atoms with Crippen molar-refractivity contribution in [1.29, 1.82) is 0 Å². The summed E-state index contributed by atoms with van der Waals surface area (Å²) in [6.45, 7) is 3.24. The number of aromatic nitrogens is 1. The van der Waals surface area contributed by atoms with E-state index in [1.54, 1.807) is 0 Å². The largest absolute Gasteiger partial charge is 0.445 e. The molecule has 2 aromatic rings. The van der Waals surface area contributed by atoms with Gasteiger partial charge in [0.1, 0.15) is 12.4 Å². The molecule has 1 unspecified atom stereocenters. The maximum Gasteiger partial charge on any atom is 0.410 e. The monoisotopic (exact) mass is 351 g/mol. The second-order valence-electron chi connectivity index (χ2n) is 7.04. The van der Waals surface area contributed by atoms with E-state index in [2.05, 4.69) is 22.0 Å². The first-order chi connectivity index (χ1) is 12.8. The molecule has 5 nitrogen and oxygen atoms in total. The number of carbonyl (C=O) groups excluding carboxylic acids is 1. The number of hydrogen-bond donors (Lipinski definition) is 0. The molecule has 2 saturated heterocycles. The summed E-state index contributed by atoms with van der Waals surface area (Å²) >= 11 is 0. The standard InChI is InChI=1S/C21H25N3O2/c25-21(26-16-17-7-2-1-3-8-17)24-14-6-9-19(24)18-10-11-20(22-15-18)23-12-4-5-13-23/h1-3,7-8,10-11,15,19H,4-6,9,12-14,16H2. The molecule has 1 aromatic heterocycles. The fourth-order valence-corrected chi connectivity index (χ4v) is 3.86. The van der Waals surface area contributed by atoms with Crippen molar-refractivity contribution in [2.24, 2.45) is 0 Å². The molecular weight excluding hydrogens is 326 g/mol. The summed E-state index contributed by atoms with van der Waals surface area (Å²) < 4.78 is 5.53. The molecule has 2 fully saturated rings. The average molecular weight is 351 g/mol. The van der Waals surface area contributed by atoms with Crippen molar-refractivity contribution >= 4 is 11.9 Å². The lowest BCUT2D eigenvalue weighted by atomic mass is 10.1. The summed E-state index contributed by atoms with van der Waals surface area (Å²) in [5, 5.41) is 0. The molecule has 0 bridgehead atoms. The first kappa shape index (κ1) is 16.9. The molecule has 2 aliphatic heterocycles. The number of likely N-dealkylation sites (tertiary alicyclic amines) is 1. The zero-order valence-electron chi connectivity index (χ0n) is 15.0. The van der Waals surface area contributed by atoms with Crippen molar-refractivity contribution in [1.82, 2.24) is 9.88 Å². The van der Waals surface area contributed by atoms with Gasteiger partial charge in [0.15, 0.2) is 0 Å². The first-order valence-corrected chi connectivity index (χ1v) is 9.49. The van der Waals surface area contributed by atoms with Gasteiger partial charge in [-0.3, -0.25) is 0 Å². The third-order valence-electron chi connectivity index (χ3n) is 5.28. The fourth-order valence-electron chi connectivity index (χ4n) is 3.86. The molecule has 4 rings (SSSR count). The molecule has 2 aliphatic rings. The number of nitrogens with zero attached hydrogens (tertiary/aromatic N) is 3. The molecule has 0 aliphatic carbocycles. The minimum atomic E-state index is -0.236. The van der Waals surface area contributed by atoms with E-state index in [0.717, 1.165) is 49.4 Å². The van der Waals surface area contributed by atoms with E-state index in [4.69, 9.17) is 4.74 Å². The van der Waals surface area contributed by atoms with E-state index in [-0.39, 0.29) is 12.1 Å². The van der Waals surface area contributed by atoms with Crippen LogP contribution in [0.15, 0.2) is 48.7 Å². The van der Waals surface area contributed by atoms with Crippen molar-refractivity contribution in [3.05, 3.63) is 59.8 Å². The van der Waals surface area contributed by atoms with Crippen molar-refractivity contribution in [3.8, 4) is 0 Å². The van der Waals surface area contributed by atoms with Crippen LogP contribution in [0.3, 0.4) is 0 Å². The van der Waals surface area contributed by atoms with Crippen LogP contribution in [0, 0.1) is 0 Å². The van der Waals surface area contributed by atoms with E-state index in [1.807, 2.05) is 41.4 Å². The van der Waals surface area contributed by atoms with Crippen LogP contribution >= 0.6 is 0 Å². The molecule has 136 valence electrons. The Hall–Kier alpha value is -2.56. The number of hydrogen-bond acceptors (Lipinski definition) is 4. The van der Waals surface area contributed by atoms with Crippen LogP contribution in [0.2, 0.25) is 0 Å². The van der Waals surface area contributed by atoms with Gasteiger partial charge in [0.2, 0.25) is 0 Å². The maximum atomic E-state index is 12.6. The quantitative estimate of drug-likeness (QED) is 0.830. The van der Waals surface area contributed by atoms with Gasteiger partial charge in [-0.05, 0) is 42.9 Å². The zero-order chi connectivity index (χ0) is 17.8. The Morgan fingerprint density at radius 1 is 1.04 bits per heavy atom. The summed E-state index contributed by atoms with van der Waals surface area (Å²) in [6.07, 6.45) is 6.14. The van der Waals surface area contributed by atoms with E-state index >= 15 is 0 Å². The molecule has 5 heteroatoms. The third kappa shape index (κ3) is 3.66. The van der Waals surface area contributed by atoms with Crippen molar-refractivity contribution in [3.63, 3.8) is 0 Å². The molecule has 1 aromatic carbocycles. The van der Waals surface area contributed by atoms with Gasteiger partial charge < -0.3 is 14.5 Å². The second-order valence-corrected chi connectivity index (χ2v) is 7.04. The lowest BCUT2D eigenvalue weighted by Gasteiger charge is -2.25. The van der Waals surface area contributed by atoms with Crippen LogP contribution in [0.1, 0.15) is 42.9 Å². The van der Waals surface area contributed by atoms with Crippen LogP contribution in [0.25, 0.3) is 0 Å². The van der Waals surface area contributed by atoms with E-state index in [0.29, 0.717) is 6.61 Å². The van der Waals surface area contributed by atoms with Crippen LogP contribution in [0.4, 0.5) is 10.6 Å². The summed E-state index contributed by atoms with van der Waals surface area (Å²) in [4.78, 5) is 21.4. The Balaban J connectivity index is 1.40. The lowest BCUT2D eigenvalue weighted by Crippen LogP contribution is -2.31. The smallest absolute Gasteiger partial charge is 0.410 e. The number of ether oxygens (including phenoxy) is 1. The Bertz CT molecular complexity index is 727. The number of benzene rings is 1.